The molecule has 54 valence electrons. The van der Waals surface area contributed by atoms with Crippen molar-refractivity contribution in [1.82, 2.24) is 0 Å². The SMILES string of the molecule is CCCC=COCCN. The molecule has 2 heteroatoms. The highest BCUT2D eigenvalue weighted by molar-refractivity contribution is 4.71. The van der Waals surface area contributed by atoms with Crippen LogP contribution in [0.25, 0.3) is 0 Å². The summed E-state index contributed by atoms with van der Waals surface area (Å²) in [4.78, 5) is 0. The lowest BCUT2D eigenvalue weighted by Crippen LogP contribution is -2.05. The standard InChI is InChI=1S/C7H15NO/c1-2-3-4-6-9-7-5-8/h4,6H,2-3,5,7-8H2,1H3. The molecule has 0 fully saturated rings. The number of allylic oxidation sites excluding steroid dienone is 1. The van der Waals surface area contributed by atoms with Gasteiger partial charge in [0.25, 0.3) is 0 Å². The van der Waals surface area contributed by atoms with Crippen LogP contribution in [0.5, 0.6) is 0 Å². The van der Waals surface area contributed by atoms with Gasteiger partial charge in [0.1, 0.15) is 0 Å². The van der Waals surface area contributed by atoms with Crippen molar-refractivity contribution < 1.29 is 4.74 Å². The van der Waals surface area contributed by atoms with E-state index in [9.17, 15) is 0 Å². The Morgan fingerprint density at radius 2 is 2.33 bits per heavy atom. The molecule has 0 amide bonds. The van der Waals surface area contributed by atoms with Gasteiger partial charge in [-0.05, 0) is 12.5 Å². The molecule has 0 saturated heterocycles. The van der Waals surface area contributed by atoms with Gasteiger partial charge in [-0.3, -0.25) is 0 Å². The first kappa shape index (κ1) is 8.50. The third kappa shape index (κ3) is 7.50. The minimum atomic E-state index is 0.594. The van der Waals surface area contributed by atoms with Crippen molar-refractivity contribution in [2.24, 2.45) is 5.73 Å². The fourth-order valence-corrected chi connectivity index (χ4v) is 0.439. The second-order valence-corrected chi connectivity index (χ2v) is 1.82. The summed E-state index contributed by atoms with van der Waals surface area (Å²) in [5.41, 5.74) is 5.18. The van der Waals surface area contributed by atoms with E-state index in [-0.39, 0.29) is 0 Å². The van der Waals surface area contributed by atoms with Crippen molar-refractivity contribution in [3.63, 3.8) is 0 Å². The highest BCUT2D eigenvalue weighted by atomic mass is 16.5. The van der Waals surface area contributed by atoms with Gasteiger partial charge >= 0.3 is 0 Å². The Balaban J connectivity index is 2.86. The van der Waals surface area contributed by atoms with Crippen LogP contribution in [-0.2, 0) is 4.74 Å². The molecule has 0 aliphatic heterocycles. The minimum Gasteiger partial charge on any atom is -0.500 e. The molecule has 0 atom stereocenters. The van der Waals surface area contributed by atoms with E-state index in [4.69, 9.17) is 10.5 Å². The molecule has 0 aliphatic carbocycles. The average Bonchev–Trinajstić information content (AvgIpc) is 1.89. The highest BCUT2D eigenvalue weighted by Gasteiger charge is 1.74. The van der Waals surface area contributed by atoms with E-state index in [2.05, 4.69) is 6.92 Å². The van der Waals surface area contributed by atoms with Crippen molar-refractivity contribution in [2.75, 3.05) is 13.2 Å². The van der Waals surface area contributed by atoms with Gasteiger partial charge in [0.15, 0.2) is 0 Å². The molecule has 0 radical (unpaired) electrons. The van der Waals surface area contributed by atoms with Crippen molar-refractivity contribution in [1.29, 1.82) is 0 Å². The zero-order valence-electron chi connectivity index (χ0n) is 5.97. The molecule has 9 heavy (non-hydrogen) atoms. The zero-order chi connectivity index (χ0) is 6.95. The van der Waals surface area contributed by atoms with Crippen LogP contribution in [0.2, 0.25) is 0 Å². The monoisotopic (exact) mass is 129 g/mol. The van der Waals surface area contributed by atoms with Gasteiger partial charge in [0, 0.05) is 6.54 Å². The van der Waals surface area contributed by atoms with Crippen molar-refractivity contribution in [3.8, 4) is 0 Å². The van der Waals surface area contributed by atoms with E-state index < -0.39 is 0 Å². The van der Waals surface area contributed by atoms with Crippen molar-refractivity contribution in [2.45, 2.75) is 19.8 Å². The number of nitrogens with two attached hydrogens (primary N) is 1. The molecular weight excluding hydrogens is 114 g/mol. The Kier molecular flexibility index (Phi) is 7.08. The summed E-state index contributed by atoms with van der Waals surface area (Å²) in [6.07, 6.45) is 5.99. The van der Waals surface area contributed by atoms with E-state index in [1.165, 1.54) is 6.42 Å². The van der Waals surface area contributed by atoms with Crippen LogP contribution < -0.4 is 5.73 Å². The molecule has 0 unspecified atom stereocenters. The minimum absolute atomic E-state index is 0.594. The summed E-state index contributed by atoms with van der Waals surface area (Å²) in [5.74, 6) is 0. The molecule has 0 bridgehead atoms. The first-order valence-corrected chi connectivity index (χ1v) is 3.38. The van der Waals surface area contributed by atoms with Gasteiger partial charge in [0.05, 0.1) is 12.9 Å². The predicted octanol–water partition coefficient (Wildman–Crippen LogP) is 1.28. The summed E-state index contributed by atoms with van der Waals surface area (Å²) in [6.45, 7) is 3.35. The molecule has 0 aromatic rings. The fraction of sp³-hybridized carbons (Fsp3) is 0.714. The Morgan fingerprint density at radius 3 is 2.89 bits per heavy atom. The van der Waals surface area contributed by atoms with E-state index in [0.29, 0.717) is 13.2 Å². The van der Waals surface area contributed by atoms with Crippen LogP contribution in [0.4, 0.5) is 0 Å². The molecular formula is C7H15NO. The average molecular weight is 129 g/mol. The van der Waals surface area contributed by atoms with E-state index in [0.717, 1.165) is 6.42 Å². The first-order valence-electron chi connectivity index (χ1n) is 3.38. The van der Waals surface area contributed by atoms with Gasteiger partial charge in [-0.15, -0.1) is 0 Å². The number of rotatable bonds is 5. The van der Waals surface area contributed by atoms with Gasteiger partial charge in [0.2, 0.25) is 0 Å². The highest BCUT2D eigenvalue weighted by Crippen LogP contribution is 1.87. The summed E-state index contributed by atoms with van der Waals surface area (Å²) in [5, 5.41) is 0. The maximum Gasteiger partial charge on any atom is 0.0995 e. The maximum atomic E-state index is 5.18. The van der Waals surface area contributed by atoms with Crippen molar-refractivity contribution in [3.05, 3.63) is 12.3 Å². The Morgan fingerprint density at radius 1 is 1.56 bits per heavy atom. The number of ether oxygens (including phenoxy) is 1. The quantitative estimate of drug-likeness (QED) is 0.448. The number of hydrogen-bond donors (Lipinski definition) is 1. The Labute approximate surface area is 56.7 Å². The van der Waals surface area contributed by atoms with Crippen LogP contribution >= 0.6 is 0 Å². The van der Waals surface area contributed by atoms with Gasteiger partial charge in [-0.2, -0.15) is 0 Å². The molecule has 2 nitrogen and oxygen atoms in total. The lowest BCUT2D eigenvalue weighted by atomic mass is 10.3. The molecule has 0 spiro atoms. The summed E-state index contributed by atoms with van der Waals surface area (Å²) >= 11 is 0. The second-order valence-electron chi connectivity index (χ2n) is 1.82. The third-order valence-corrected chi connectivity index (χ3v) is 0.883. The fourth-order valence-electron chi connectivity index (χ4n) is 0.439. The topological polar surface area (TPSA) is 35.2 Å². The summed E-state index contributed by atoms with van der Waals surface area (Å²) in [7, 11) is 0. The van der Waals surface area contributed by atoms with Gasteiger partial charge < -0.3 is 10.5 Å². The molecule has 0 aromatic heterocycles. The van der Waals surface area contributed by atoms with Crippen molar-refractivity contribution >= 4 is 0 Å². The van der Waals surface area contributed by atoms with E-state index >= 15 is 0 Å². The predicted molar refractivity (Wildman–Crippen MR) is 39.1 cm³/mol. The molecule has 0 aromatic carbocycles. The van der Waals surface area contributed by atoms with Crippen LogP contribution in [0.1, 0.15) is 19.8 Å². The largest absolute Gasteiger partial charge is 0.500 e. The lowest BCUT2D eigenvalue weighted by Gasteiger charge is -1.93. The summed E-state index contributed by atoms with van der Waals surface area (Å²) in [6, 6.07) is 0. The van der Waals surface area contributed by atoms with Crippen LogP contribution in [0, 0.1) is 0 Å². The smallest absolute Gasteiger partial charge is 0.0995 e. The van der Waals surface area contributed by atoms with Crippen LogP contribution in [-0.4, -0.2) is 13.2 Å². The van der Waals surface area contributed by atoms with Gasteiger partial charge in [-0.1, -0.05) is 13.3 Å². The van der Waals surface area contributed by atoms with Crippen LogP contribution in [0.15, 0.2) is 12.3 Å². The molecule has 0 aliphatic rings. The number of unbranched alkanes of at least 4 members (excludes halogenated alkanes) is 1. The first-order chi connectivity index (χ1) is 4.41. The molecule has 0 rings (SSSR count). The van der Waals surface area contributed by atoms with Crippen LogP contribution in [0.3, 0.4) is 0 Å². The Bertz CT molecular complexity index is 71.3. The normalized spacial score (nSPS) is 10.4. The van der Waals surface area contributed by atoms with Gasteiger partial charge in [-0.25, -0.2) is 0 Å². The second kappa shape index (κ2) is 7.50. The number of hydrogen-bond acceptors (Lipinski definition) is 2. The molecule has 0 heterocycles. The Hall–Kier alpha value is -0.500. The third-order valence-electron chi connectivity index (χ3n) is 0.883. The van der Waals surface area contributed by atoms with E-state index in [1.807, 2.05) is 6.08 Å². The maximum absolute atomic E-state index is 5.18. The lowest BCUT2D eigenvalue weighted by molar-refractivity contribution is 0.258. The molecule has 0 saturated carbocycles. The summed E-state index contributed by atoms with van der Waals surface area (Å²) < 4.78 is 4.98. The zero-order valence-corrected chi connectivity index (χ0v) is 5.97. The van der Waals surface area contributed by atoms with E-state index in [1.54, 1.807) is 6.26 Å². The molecule has 2 N–H and O–H groups in total.